The van der Waals surface area contributed by atoms with Gasteiger partial charge < -0.3 is 19.7 Å². The van der Waals surface area contributed by atoms with Crippen LogP contribution in [0.25, 0.3) is 0 Å². The second kappa shape index (κ2) is 7.09. The van der Waals surface area contributed by atoms with Gasteiger partial charge >= 0.3 is 0 Å². The molecule has 3 heterocycles. The number of anilines is 2. The first-order valence-electron chi connectivity index (χ1n) is 9.55. The van der Waals surface area contributed by atoms with Gasteiger partial charge in [0.1, 0.15) is 17.3 Å². The minimum atomic E-state index is -0.234. The van der Waals surface area contributed by atoms with Crippen molar-refractivity contribution in [2.45, 2.75) is 19.9 Å². The van der Waals surface area contributed by atoms with Crippen LogP contribution >= 0.6 is 0 Å². The van der Waals surface area contributed by atoms with Gasteiger partial charge in [0.2, 0.25) is 6.79 Å². The maximum atomic E-state index is 12.7. The van der Waals surface area contributed by atoms with E-state index in [0.29, 0.717) is 23.8 Å². The quantitative estimate of drug-likeness (QED) is 0.740. The Labute approximate surface area is 168 Å². The molecule has 0 bridgehead atoms. The van der Waals surface area contributed by atoms with Crippen LogP contribution in [-0.4, -0.2) is 29.2 Å². The van der Waals surface area contributed by atoms with E-state index in [-0.39, 0.29) is 12.7 Å². The zero-order chi connectivity index (χ0) is 19.8. The van der Waals surface area contributed by atoms with Crippen LogP contribution in [0.15, 0.2) is 48.5 Å². The summed E-state index contributed by atoms with van der Waals surface area (Å²) < 4.78 is 10.7. The fourth-order valence-corrected chi connectivity index (χ4v) is 3.71. The van der Waals surface area contributed by atoms with Crippen molar-refractivity contribution in [3.8, 4) is 11.5 Å². The average molecular weight is 388 g/mol. The summed E-state index contributed by atoms with van der Waals surface area (Å²) in [5.74, 6) is 2.50. The van der Waals surface area contributed by atoms with E-state index in [1.54, 1.807) is 13.0 Å². The Morgan fingerprint density at radius 2 is 1.97 bits per heavy atom. The van der Waals surface area contributed by atoms with Gasteiger partial charge in [-0.15, -0.1) is 0 Å². The topological polar surface area (TPSA) is 76.6 Å². The van der Waals surface area contributed by atoms with Gasteiger partial charge in [-0.1, -0.05) is 24.3 Å². The number of ether oxygens (including phenoxy) is 2. The molecule has 5 rings (SSSR count). The molecule has 1 amide bonds. The molecular formula is C22H20N4O3. The zero-order valence-corrected chi connectivity index (χ0v) is 16.0. The molecule has 7 nitrogen and oxygen atoms in total. The number of benzene rings is 2. The van der Waals surface area contributed by atoms with Crippen molar-refractivity contribution >= 4 is 17.4 Å². The largest absolute Gasteiger partial charge is 0.454 e. The second-order valence-electron chi connectivity index (χ2n) is 7.06. The van der Waals surface area contributed by atoms with Crippen LogP contribution in [0.4, 0.5) is 11.5 Å². The van der Waals surface area contributed by atoms with E-state index in [0.717, 1.165) is 35.8 Å². The van der Waals surface area contributed by atoms with Gasteiger partial charge in [0.15, 0.2) is 11.5 Å². The monoisotopic (exact) mass is 388 g/mol. The number of hydrogen-bond acceptors (Lipinski definition) is 6. The number of aryl methyl sites for hydroxylation is 1. The van der Waals surface area contributed by atoms with Gasteiger partial charge in [-0.3, -0.25) is 4.79 Å². The second-order valence-corrected chi connectivity index (χ2v) is 7.06. The molecule has 0 aliphatic carbocycles. The number of rotatable bonds is 4. The minimum absolute atomic E-state index is 0.230. The highest BCUT2D eigenvalue weighted by molar-refractivity contribution is 5.93. The molecular weight excluding hydrogens is 368 g/mol. The molecule has 7 heteroatoms. The van der Waals surface area contributed by atoms with Crippen molar-refractivity contribution in [1.82, 2.24) is 15.3 Å². The zero-order valence-electron chi connectivity index (χ0n) is 16.0. The van der Waals surface area contributed by atoms with Crippen LogP contribution in [-0.2, 0) is 13.0 Å². The Kier molecular flexibility index (Phi) is 4.27. The molecule has 1 N–H and O–H groups in total. The molecule has 146 valence electrons. The third-order valence-corrected chi connectivity index (χ3v) is 5.11. The number of amides is 1. The number of para-hydroxylation sites is 1. The molecule has 3 aromatic rings. The first-order chi connectivity index (χ1) is 14.2. The van der Waals surface area contributed by atoms with Gasteiger partial charge in [-0.25, -0.2) is 9.97 Å². The molecule has 0 saturated heterocycles. The van der Waals surface area contributed by atoms with Crippen molar-refractivity contribution in [3.63, 3.8) is 0 Å². The fourth-order valence-electron chi connectivity index (χ4n) is 3.71. The molecule has 0 radical (unpaired) electrons. The number of nitrogens with zero attached hydrogens (tertiary/aromatic N) is 3. The normalized spacial score (nSPS) is 14.0. The first-order valence-corrected chi connectivity index (χ1v) is 9.55. The highest BCUT2D eigenvalue weighted by Crippen LogP contribution is 2.34. The summed E-state index contributed by atoms with van der Waals surface area (Å²) in [4.78, 5) is 23.8. The molecule has 0 atom stereocenters. The Morgan fingerprint density at radius 1 is 1.10 bits per heavy atom. The van der Waals surface area contributed by atoms with Crippen molar-refractivity contribution < 1.29 is 14.3 Å². The minimum Gasteiger partial charge on any atom is -0.454 e. The summed E-state index contributed by atoms with van der Waals surface area (Å²) in [7, 11) is 0. The van der Waals surface area contributed by atoms with E-state index in [4.69, 9.17) is 9.47 Å². The summed E-state index contributed by atoms with van der Waals surface area (Å²) in [6.45, 7) is 3.25. The molecule has 0 fully saturated rings. The smallest absolute Gasteiger partial charge is 0.270 e. The van der Waals surface area contributed by atoms with Crippen molar-refractivity contribution in [2.24, 2.45) is 0 Å². The number of fused-ring (bicyclic) bond motifs is 2. The molecule has 29 heavy (non-hydrogen) atoms. The van der Waals surface area contributed by atoms with Crippen LogP contribution in [0.2, 0.25) is 0 Å². The van der Waals surface area contributed by atoms with Gasteiger partial charge in [0, 0.05) is 24.8 Å². The van der Waals surface area contributed by atoms with Crippen molar-refractivity contribution in [1.29, 1.82) is 0 Å². The summed E-state index contributed by atoms with van der Waals surface area (Å²) >= 11 is 0. The Hall–Kier alpha value is -3.61. The number of nitrogens with one attached hydrogen (secondary N) is 1. The van der Waals surface area contributed by atoms with Crippen LogP contribution in [0.3, 0.4) is 0 Å². The van der Waals surface area contributed by atoms with E-state index in [1.807, 2.05) is 30.3 Å². The summed E-state index contributed by atoms with van der Waals surface area (Å²) in [5.41, 5.74) is 3.72. The molecule has 2 aliphatic rings. The maximum Gasteiger partial charge on any atom is 0.270 e. The summed E-state index contributed by atoms with van der Waals surface area (Å²) in [5, 5.41) is 2.93. The molecule has 1 aromatic heterocycles. The number of carbonyl (C=O) groups excluding carboxylic acids is 1. The predicted octanol–water partition coefficient (Wildman–Crippen LogP) is 3.14. The lowest BCUT2D eigenvalue weighted by Crippen LogP contribution is -2.25. The molecule has 2 aliphatic heterocycles. The number of carbonyl (C=O) groups is 1. The van der Waals surface area contributed by atoms with Crippen molar-refractivity contribution in [2.75, 3.05) is 18.2 Å². The molecule has 0 unspecified atom stereocenters. The van der Waals surface area contributed by atoms with Gasteiger partial charge in [0.25, 0.3) is 5.91 Å². The van der Waals surface area contributed by atoms with Crippen molar-refractivity contribution in [3.05, 3.63) is 71.2 Å². The predicted molar refractivity (Wildman–Crippen MR) is 108 cm³/mol. The standard InChI is InChI=1S/C22H20N4O3/c1-14-24-17(11-21(25-14)26-9-8-16-4-2-3-5-18(16)26)22(27)23-12-15-6-7-19-20(10-15)29-13-28-19/h2-7,10-11H,8-9,12-13H2,1H3,(H,23,27). The van der Waals surface area contributed by atoms with Crippen LogP contribution in [0.5, 0.6) is 11.5 Å². The molecule has 0 spiro atoms. The summed E-state index contributed by atoms with van der Waals surface area (Å²) in [6.07, 6.45) is 0.963. The van der Waals surface area contributed by atoms with Crippen LogP contribution in [0, 0.1) is 6.92 Å². The van der Waals surface area contributed by atoms with E-state index >= 15 is 0 Å². The molecule has 0 saturated carbocycles. The van der Waals surface area contributed by atoms with Gasteiger partial charge in [-0.2, -0.15) is 0 Å². The number of hydrogen-bond donors (Lipinski definition) is 1. The van der Waals surface area contributed by atoms with Crippen LogP contribution < -0.4 is 19.7 Å². The highest BCUT2D eigenvalue weighted by atomic mass is 16.7. The van der Waals surface area contributed by atoms with E-state index < -0.39 is 0 Å². The Morgan fingerprint density at radius 3 is 2.90 bits per heavy atom. The fraction of sp³-hybridized carbons (Fsp3) is 0.227. The van der Waals surface area contributed by atoms with E-state index in [9.17, 15) is 4.79 Å². The SMILES string of the molecule is Cc1nc(C(=O)NCc2ccc3c(c2)OCO3)cc(N2CCc3ccccc32)n1. The third-order valence-electron chi connectivity index (χ3n) is 5.11. The lowest BCUT2D eigenvalue weighted by molar-refractivity contribution is 0.0945. The van der Waals surface area contributed by atoms with E-state index in [2.05, 4.69) is 32.3 Å². The Balaban J connectivity index is 1.34. The highest BCUT2D eigenvalue weighted by Gasteiger charge is 2.22. The lowest BCUT2D eigenvalue weighted by Gasteiger charge is -2.19. The van der Waals surface area contributed by atoms with Crippen LogP contribution in [0.1, 0.15) is 27.4 Å². The molecule has 2 aromatic carbocycles. The third kappa shape index (κ3) is 3.35. The summed E-state index contributed by atoms with van der Waals surface area (Å²) in [6, 6.07) is 15.7. The lowest BCUT2D eigenvalue weighted by atomic mass is 10.2. The number of aromatic nitrogens is 2. The average Bonchev–Trinajstić information content (AvgIpc) is 3.38. The first kappa shape index (κ1) is 17.5. The Bertz CT molecular complexity index is 1100. The van der Waals surface area contributed by atoms with Gasteiger partial charge in [-0.05, 0) is 42.7 Å². The maximum absolute atomic E-state index is 12.7. The van der Waals surface area contributed by atoms with E-state index in [1.165, 1.54) is 5.56 Å². The van der Waals surface area contributed by atoms with Gasteiger partial charge in [0.05, 0.1) is 0 Å².